The summed E-state index contributed by atoms with van der Waals surface area (Å²) in [5.41, 5.74) is 7.92. The highest BCUT2D eigenvalue weighted by Gasteiger charge is 2.64. The molecule has 4 N–H and O–H groups in total. The summed E-state index contributed by atoms with van der Waals surface area (Å²) in [6, 6.07) is 7.86. The van der Waals surface area contributed by atoms with Gasteiger partial charge in [-0.05, 0) is 110 Å². The zero-order valence-corrected chi connectivity index (χ0v) is 28.7. The monoisotopic (exact) mass is 698 g/mol. The largest absolute Gasteiger partial charge is 0.504 e. The standard InChI is InChI=1S/C37H39BrN4O5/c1-17-10-18(2)40-36(46)26(17)15-39-35(45)24-12-22-11-21(38)16-42(22)32(20(24)4)19(3)23-14-30(44)33-31-25(23)13-28-27-6-7-29(43)34(47-33)37(27,31)8-9-41(28)5/h6-7,10-12,14,16,19,27-29,34,43-44H,8-9,13,15H2,1-5H3,(H,39,45)(H,40,46)/t19?,27-,28+,29-,34-,37-/m0/s1. The smallest absolute Gasteiger partial charge is 0.253 e. The Kier molecular flexibility index (Phi) is 6.85. The summed E-state index contributed by atoms with van der Waals surface area (Å²) >= 11 is 3.65. The number of aromatic nitrogens is 2. The maximum atomic E-state index is 13.8. The number of carbonyl (C=O) groups excluding carboxylic acids is 1. The van der Waals surface area contributed by atoms with E-state index in [1.165, 1.54) is 5.56 Å². The molecular formula is C37H39BrN4O5. The molecule has 1 fully saturated rings. The molecule has 3 aromatic heterocycles. The number of carbonyl (C=O) groups is 1. The minimum atomic E-state index is -0.748. The Labute approximate surface area is 281 Å². The van der Waals surface area contributed by atoms with Crippen LogP contribution in [0, 0.1) is 26.7 Å². The van der Waals surface area contributed by atoms with Crippen molar-refractivity contribution >= 4 is 27.4 Å². The molecule has 9 nitrogen and oxygen atoms in total. The van der Waals surface area contributed by atoms with E-state index < -0.39 is 17.6 Å². The first kappa shape index (κ1) is 30.5. The number of hydrogen-bond donors (Lipinski definition) is 4. The number of aromatic amines is 1. The molecule has 1 unspecified atom stereocenters. The average molecular weight is 700 g/mol. The number of amides is 1. The number of piperidine rings is 1. The van der Waals surface area contributed by atoms with E-state index in [4.69, 9.17) is 4.74 Å². The number of nitrogens with one attached hydrogen (secondary N) is 2. The minimum absolute atomic E-state index is 0.0906. The van der Waals surface area contributed by atoms with Gasteiger partial charge < -0.3 is 34.6 Å². The van der Waals surface area contributed by atoms with Gasteiger partial charge in [0.2, 0.25) is 0 Å². The van der Waals surface area contributed by atoms with Gasteiger partial charge in [0.15, 0.2) is 11.5 Å². The van der Waals surface area contributed by atoms with E-state index in [-0.39, 0.29) is 41.6 Å². The lowest BCUT2D eigenvalue weighted by Crippen LogP contribution is -2.64. The quantitative estimate of drug-likeness (QED) is 0.220. The normalized spacial score (nSPS) is 26.3. The topological polar surface area (TPSA) is 119 Å². The van der Waals surface area contributed by atoms with Crippen LogP contribution in [-0.2, 0) is 18.4 Å². The van der Waals surface area contributed by atoms with Gasteiger partial charge in [0.25, 0.3) is 11.5 Å². The van der Waals surface area contributed by atoms with Crippen LogP contribution in [0.15, 0.2) is 51.9 Å². The van der Waals surface area contributed by atoms with Crippen LogP contribution in [0.3, 0.4) is 0 Å². The molecule has 1 aromatic carbocycles. The Balaban J connectivity index is 1.25. The van der Waals surface area contributed by atoms with Gasteiger partial charge in [0.05, 0.1) is 0 Å². The van der Waals surface area contributed by atoms with Crippen molar-refractivity contribution in [2.24, 2.45) is 5.92 Å². The molecule has 1 amide bonds. The molecule has 0 radical (unpaired) electrons. The predicted molar refractivity (Wildman–Crippen MR) is 183 cm³/mol. The third kappa shape index (κ3) is 4.27. The summed E-state index contributed by atoms with van der Waals surface area (Å²) in [5, 5.41) is 25.7. The molecule has 244 valence electrons. The van der Waals surface area contributed by atoms with Crippen LogP contribution in [0.5, 0.6) is 11.5 Å². The maximum absolute atomic E-state index is 13.8. The van der Waals surface area contributed by atoms with E-state index >= 15 is 0 Å². The Morgan fingerprint density at radius 2 is 2.00 bits per heavy atom. The van der Waals surface area contributed by atoms with Gasteiger partial charge in [-0.2, -0.15) is 0 Å². The zero-order chi connectivity index (χ0) is 33.1. The first-order valence-corrected chi connectivity index (χ1v) is 17.1. The second-order valence-electron chi connectivity index (χ2n) is 14.0. The number of benzene rings is 1. The van der Waals surface area contributed by atoms with Gasteiger partial charge in [-0.3, -0.25) is 9.59 Å². The molecule has 2 aliphatic heterocycles. The van der Waals surface area contributed by atoms with Crippen LogP contribution >= 0.6 is 15.9 Å². The fourth-order valence-corrected chi connectivity index (χ4v) is 9.80. The van der Waals surface area contributed by atoms with Crippen LogP contribution < -0.4 is 15.6 Å². The van der Waals surface area contributed by atoms with Crippen LogP contribution in [0.2, 0.25) is 0 Å². The molecule has 1 spiro atoms. The summed E-state index contributed by atoms with van der Waals surface area (Å²) in [6.45, 7) is 8.83. The van der Waals surface area contributed by atoms with Gasteiger partial charge in [-0.1, -0.05) is 19.1 Å². The van der Waals surface area contributed by atoms with Gasteiger partial charge in [-0.15, -0.1) is 0 Å². The van der Waals surface area contributed by atoms with Crippen LogP contribution in [0.4, 0.5) is 0 Å². The van der Waals surface area contributed by atoms with Crippen molar-refractivity contribution in [2.45, 2.75) is 76.7 Å². The number of likely N-dealkylation sites (tertiary alicyclic amines) is 1. The Morgan fingerprint density at radius 1 is 1.21 bits per heavy atom. The van der Waals surface area contributed by atoms with Crippen molar-refractivity contribution in [3.05, 3.63) is 108 Å². The summed E-state index contributed by atoms with van der Waals surface area (Å²) in [7, 11) is 2.18. The average Bonchev–Trinajstić information content (AvgIpc) is 3.57. The molecule has 1 saturated heterocycles. The predicted octanol–water partition coefficient (Wildman–Crippen LogP) is 4.91. The van der Waals surface area contributed by atoms with E-state index in [1.807, 2.05) is 57.3 Å². The number of pyridine rings is 2. The summed E-state index contributed by atoms with van der Waals surface area (Å²) < 4.78 is 9.48. The van der Waals surface area contributed by atoms with Crippen molar-refractivity contribution in [2.75, 3.05) is 13.6 Å². The molecule has 2 bridgehead atoms. The van der Waals surface area contributed by atoms with E-state index in [0.717, 1.165) is 63.0 Å². The van der Waals surface area contributed by atoms with Gasteiger partial charge in [0, 0.05) is 74.1 Å². The number of aliphatic hydroxyl groups excluding tert-OH is 1. The fraction of sp³-hybridized carbons (Fsp3) is 0.405. The van der Waals surface area contributed by atoms with Crippen LogP contribution in [0.25, 0.3) is 5.52 Å². The zero-order valence-electron chi connectivity index (χ0n) is 27.1. The molecule has 8 rings (SSSR count). The number of aromatic hydroxyl groups is 1. The molecule has 5 heterocycles. The van der Waals surface area contributed by atoms with E-state index in [1.54, 1.807) is 0 Å². The molecular weight excluding hydrogens is 660 g/mol. The first-order chi connectivity index (χ1) is 22.4. The van der Waals surface area contributed by atoms with E-state index in [2.05, 4.69) is 55.6 Å². The number of rotatable bonds is 5. The SMILES string of the molecule is Cc1cc(C)c(CNC(=O)c2cc3cc(Br)cn3c(C(C)c3cc(O)c4c5c3C[C@@H]3[C@@H]6C=C[C@H](O)[C@H](O4)[C@]56CCN3C)c2C)c(=O)[nH]1. The van der Waals surface area contributed by atoms with Crippen molar-refractivity contribution in [3.63, 3.8) is 0 Å². The van der Waals surface area contributed by atoms with Crippen LogP contribution in [0.1, 0.15) is 74.4 Å². The van der Waals surface area contributed by atoms with E-state index in [0.29, 0.717) is 16.9 Å². The van der Waals surface area contributed by atoms with Gasteiger partial charge in [-0.25, -0.2) is 0 Å². The van der Waals surface area contributed by atoms with Gasteiger partial charge in [0.1, 0.15) is 12.2 Å². The number of H-pyrrole nitrogens is 1. The second kappa shape index (κ2) is 10.6. The third-order valence-electron chi connectivity index (χ3n) is 11.5. The lowest BCUT2D eigenvalue weighted by molar-refractivity contribution is -0.0454. The minimum Gasteiger partial charge on any atom is -0.504 e. The molecule has 0 saturated carbocycles. The number of aryl methyl sites for hydroxylation is 2. The number of phenolic OH excluding ortho intramolecular Hbond substituents is 1. The second-order valence-corrected chi connectivity index (χ2v) is 14.9. The molecule has 4 aliphatic rings. The highest BCUT2D eigenvalue weighted by Crippen LogP contribution is 2.63. The van der Waals surface area contributed by atoms with Gasteiger partial charge >= 0.3 is 0 Å². The molecule has 47 heavy (non-hydrogen) atoms. The number of nitrogens with zero attached hydrogens (tertiary/aromatic N) is 2. The maximum Gasteiger partial charge on any atom is 0.253 e. The number of likely N-dealkylation sites (N-methyl/N-ethyl adjacent to an activating group) is 1. The molecule has 10 heteroatoms. The van der Waals surface area contributed by atoms with Crippen molar-refractivity contribution in [1.82, 2.24) is 19.6 Å². The summed E-state index contributed by atoms with van der Waals surface area (Å²) in [6.07, 6.45) is 6.50. The first-order valence-electron chi connectivity index (χ1n) is 16.3. The number of aliphatic hydroxyl groups is 1. The highest BCUT2D eigenvalue weighted by atomic mass is 79.9. The van der Waals surface area contributed by atoms with E-state index in [9.17, 15) is 19.8 Å². The number of hydrogen-bond acceptors (Lipinski definition) is 6. The lowest BCUT2D eigenvalue weighted by Gasteiger charge is -2.56. The number of phenols is 1. The number of halogens is 1. The Morgan fingerprint density at radius 3 is 2.77 bits per heavy atom. The van der Waals surface area contributed by atoms with Crippen molar-refractivity contribution in [3.8, 4) is 11.5 Å². The Hall–Kier alpha value is -3.86. The molecule has 6 atom stereocenters. The van der Waals surface area contributed by atoms with Crippen molar-refractivity contribution < 1.29 is 19.7 Å². The Bertz CT molecular complexity index is 2100. The fourth-order valence-electron chi connectivity index (χ4n) is 9.36. The lowest BCUT2D eigenvalue weighted by atomic mass is 9.52. The summed E-state index contributed by atoms with van der Waals surface area (Å²) in [5.74, 6) is 0.314. The van der Waals surface area contributed by atoms with Crippen molar-refractivity contribution in [1.29, 1.82) is 0 Å². The number of fused-ring (bicyclic) bond motifs is 1. The van der Waals surface area contributed by atoms with Crippen LogP contribution in [-0.4, -0.2) is 62.2 Å². The highest BCUT2D eigenvalue weighted by molar-refractivity contribution is 9.10. The molecule has 2 aliphatic carbocycles. The third-order valence-corrected chi connectivity index (χ3v) is 11.9. The molecule has 4 aromatic rings. The number of ether oxygens (including phenoxy) is 1. The summed E-state index contributed by atoms with van der Waals surface area (Å²) in [4.78, 5) is 31.8.